The molecule has 1 aliphatic heterocycles. The van der Waals surface area contributed by atoms with Crippen molar-refractivity contribution in [3.8, 4) is 11.5 Å². The molecule has 0 aliphatic carbocycles. The first-order valence-electron chi connectivity index (χ1n) is 5.96. The van der Waals surface area contributed by atoms with Crippen molar-refractivity contribution in [2.45, 2.75) is 46.1 Å². The molecule has 0 spiro atoms. The van der Waals surface area contributed by atoms with E-state index in [9.17, 15) is 5.11 Å². The first kappa shape index (κ1) is 12.7. The van der Waals surface area contributed by atoms with Gasteiger partial charge in [-0.2, -0.15) is 0 Å². The smallest absolute Gasteiger partial charge is 0.127 e. The second kappa shape index (κ2) is 4.20. The Morgan fingerprint density at radius 3 is 2.47 bits per heavy atom. The quantitative estimate of drug-likeness (QED) is 0.799. The topological polar surface area (TPSA) is 29.5 Å². The van der Waals surface area contributed by atoms with Gasteiger partial charge in [-0.1, -0.05) is 15.9 Å². The average Bonchev–Trinajstić information content (AvgIpc) is 2.33. The molecule has 0 aromatic heterocycles. The lowest BCUT2D eigenvalue weighted by Gasteiger charge is -2.36. The number of fused-ring (bicyclic) bond motifs is 1. The summed E-state index contributed by atoms with van der Waals surface area (Å²) >= 11 is 3.52. The lowest BCUT2D eigenvalue weighted by Crippen LogP contribution is -2.38. The molecule has 0 amide bonds. The van der Waals surface area contributed by atoms with Crippen LogP contribution in [0.5, 0.6) is 11.5 Å². The molecule has 0 fully saturated rings. The zero-order valence-corrected chi connectivity index (χ0v) is 12.4. The molecule has 1 atom stereocenters. The summed E-state index contributed by atoms with van der Waals surface area (Å²) in [5, 5.41) is 10.9. The van der Waals surface area contributed by atoms with Crippen LogP contribution in [0, 0.1) is 20.8 Å². The number of halogens is 1. The lowest BCUT2D eigenvalue weighted by molar-refractivity contribution is 0.0892. The second-order valence-electron chi connectivity index (χ2n) is 5.22. The van der Waals surface area contributed by atoms with E-state index in [-0.39, 0.29) is 5.60 Å². The van der Waals surface area contributed by atoms with Crippen molar-refractivity contribution in [3.63, 3.8) is 0 Å². The van der Waals surface area contributed by atoms with Gasteiger partial charge in [-0.3, -0.25) is 0 Å². The van der Waals surface area contributed by atoms with Gasteiger partial charge >= 0.3 is 0 Å². The average molecular weight is 299 g/mol. The normalized spacial score (nSPS) is 23.1. The third kappa shape index (κ3) is 1.95. The molecule has 1 aromatic rings. The molecule has 0 saturated carbocycles. The summed E-state index contributed by atoms with van der Waals surface area (Å²) in [6, 6.07) is 0. The maximum absolute atomic E-state index is 10.1. The summed E-state index contributed by atoms with van der Waals surface area (Å²) in [7, 11) is 0. The minimum atomic E-state index is -0.131. The standard InChI is InChI=1S/C14H19BrO2/c1-8-9(2)13-11(10(3)12(8)16)5-6-14(4,7-15)17-13/h16H,5-7H2,1-4H3. The van der Waals surface area contributed by atoms with Crippen molar-refractivity contribution in [2.75, 3.05) is 5.33 Å². The first-order chi connectivity index (χ1) is 7.89. The van der Waals surface area contributed by atoms with E-state index in [0.717, 1.165) is 40.6 Å². The van der Waals surface area contributed by atoms with Gasteiger partial charge in [0.15, 0.2) is 0 Å². The van der Waals surface area contributed by atoms with Crippen molar-refractivity contribution in [1.29, 1.82) is 0 Å². The molecule has 2 nitrogen and oxygen atoms in total. The molecule has 94 valence electrons. The summed E-state index contributed by atoms with van der Waals surface area (Å²) in [4.78, 5) is 0. The van der Waals surface area contributed by atoms with Crippen LogP contribution < -0.4 is 4.74 Å². The SMILES string of the molecule is Cc1c(C)c2c(c(C)c1O)CCC(C)(CBr)O2. The van der Waals surface area contributed by atoms with Crippen molar-refractivity contribution in [2.24, 2.45) is 0 Å². The Hall–Kier alpha value is -0.700. The Morgan fingerprint density at radius 2 is 1.88 bits per heavy atom. The summed E-state index contributed by atoms with van der Waals surface area (Å²) in [6.07, 6.45) is 1.95. The Morgan fingerprint density at radius 1 is 1.24 bits per heavy atom. The second-order valence-corrected chi connectivity index (χ2v) is 5.78. The van der Waals surface area contributed by atoms with Gasteiger partial charge in [0.2, 0.25) is 0 Å². The molecular formula is C14H19BrO2. The molecule has 0 radical (unpaired) electrons. The van der Waals surface area contributed by atoms with Crippen LogP contribution >= 0.6 is 15.9 Å². The van der Waals surface area contributed by atoms with Gasteiger partial charge in [0.1, 0.15) is 17.1 Å². The van der Waals surface area contributed by atoms with Crippen LogP contribution in [-0.2, 0) is 6.42 Å². The number of phenolic OH excluding ortho intramolecular Hbond substituents is 1. The highest BCUT2D eigenvalue weighted by molar-refractivity contribution is 9.09. The van der Waals surface area contributed by atoms with Gasteiger partial charge in [-0.15, -0.1) is 0 Å². The summed E-state index contributed by atoms with van der Waals surface area (Å²) in [6.45, 7) is 8.07. The molecule has 1 heterocycles. The minimum absolute atomic E-state index is 0.131. The lowest BCUT2D eigenvalue weighted by atomic mass is 9.88. The van der Waals surface area contributed by atoms with Crippen molar-refractivity contribution < 1.29 is 9.84 Å². The number of rotatable bonds is 1. The number of benzene rings is 1. The maximum atomic E-state index is 10.1. The van der Waals surface area contributed by atoms with E-state index in [0.29, 0.717) is 5.75 Å². The van der Waals surface area contributed by atoms with Gasteiger partial charge in [-0.25, -0.2) is 0 Å². The van der Waals surface area contributed by atoms with E-state index in [1.165, 1.54) is 5.56 Å². The van der Waals surface area contributed by atoms with Crippen molar-refractivity contribution in [1.82, 2.24) is 0 Å². The van der Waals surface area contributed by atoms with Crippen molar-refractivity contribution in [3.05, 3.63) is 22.3 Å². The summed E-state index contributed by atoms with van der Waals surface area (Å²) in [5.41, 5.74) is 4.01. The molecule has 0 bridgehead atoms. The van der Waals surface area contributed by atoms with Crippen LogP contribution in [0.1, 0.15) is 35.6 Å². The Balaban J connectivity index is 2.59. The molecule has 3 heteroatoms. The van der Waals surface area contributed by atoms with Crippen molar-refractivity contribution >= 4 is 15.9 Å². The molecular weight excluding hydrogens is 280 g/mol. The van der Waals surface area contributed by atoms with Crippen LogP contribution in [0.2, 0.25) is 0 Å². The Kier molecular flexibility index (Phi) is 3.15. The molecule has 1 N–H and O–H groups in total. The van der Waals surface area contributed by atoms with E-state index in [1.54, 1.807) is 0 Å². The maximum Gasteiger partial charge on any atom is 0.127 e. The van der Waals surface area contributed by atoms with E-state index < -0.39 is 0 Å². The third-order valence-corrected chi connectivity index (χ3v) is 5.06. The fraction of sp³-hybridized carbons (Fsp3) is 0.571. The number of aromatic hydroxyl groups is 1. The highest BCUT2D eigenvalue weighted by atomic mass is 79.9. The van der Waals surface area contributed by atoms with E-state index in [2.05, 4.69) is 22.9 Å². The van der Waals surface area contributed by atoms with Gasteiger partial charge < -0.3 is 9.84 Å². The fourth-order valence-corrected chi connectivity index (χ4v) is 2.78. The zero-order chi connectivity index (χ0) is 12.8. The molecule has 17 heavy (non-hydrogen) atoms. The highest BCUT2D eigenvalue weighted by Crippen LogP contribution is 2.43. The van der Waals surface area contributed by atoms with Gasteiger partial charge in [0, 0.05) is 10.9 Å². The van der Waals surface area contributed by atoms with Crippen LogP contribution in [0.3, 0.4) is 0 Å². The summed E-state index contributed by atoms with van der Waals surface area (Å²) < 4.78 is 6.16. The van der Waals surface area contributed by atoms with Gasteiger partial charge in [0.25, 0.3) is 0 Å². The van der Waals surface area contributed by atoms with Gasteiger partial charge in [0.05, 0.1) is 0 Å². The van der Waals surface area contributed by atoms with E-state index >= 15 is 0 Å². The van der Waals surface area contributed by atoms with Crippen LogP contribution in [0.15, 0.2) is 0 Å². The fourth-order valence-electron chi connectivity index (χ4n) is 2.39. The number of phenols is 1. The minimum Gasteiger partial charge on any atom is -0.507 e. The molecule has 2 rings (SSSR count). The molecule has 1 unspecified atom stereocenters. The molecule has 1 aliphatic rings. The van der Waals surface area contributed by atoms with Crippen LogP contribution in [0.25, 0.3) is 0 Å². The predicted molar refractivity (Wildman–Crippen MR) is 73.5 cm³/mol. The number of alkyl halides is 1. The van der Waals surface area contributed by atoms with E-state index in [4.69, 9.17) is 4.74 Å². The first-order valence-corrected chi connectivity index (χ1v) is 7.08. The zero-order valence-electron chi connectivity index (χ0n) is 10.9. The number of ether oxygens (including phenoxy) is 1. The number of hydrogen-bond acceptors (Lipinski definition) is 2. The highest BCUT2D eigenvalue weighted by Gasteiger charge is 2.33. The van der Waals surface area contributed by atoms with Crippen LogP contribution in [-0.4, -0.2) is 16.0 Å². The molecule has 0 saturated heterocycles. The third-order valence-electron chi connectivity index (χ3n) is 3.88. The molecule has 1 aromatic carbocycles. The van der Waals surface area contributed by atoms with E-state index in [1.807, 2.05) is 20.8 Å². The monoisotopic (exact) mass is 298 g/mol. The predicted octanol–water partition coefficient (Wildman–Crippen LogP) is 3.80. The van der Waals surface area contributed by atoms with Crippen LogP contribution in [0.4, 0.5) is 0 Å². The Bertz CT molecular complexity index is 468. The Labute approximate surface area is 111 Å². The largest absolute Gasteiger partial charge is 0.507 e. The summed E-state index contributed by atoms with van der Waals surface area (Å²) in [5.74, 6) is 1.40. The van der Waals surface area contributed by atoms with Gasteiger partial charge in [-0.05, 0) is 57.2 Å². The number of hydrogen-bond donors (Lipinski definition) is 1.